The lowest BCUT2D eigenvalue weighted by molar-refractivity contribution is -0.120. The fourth-order valence-electron chi connectivity index (χ4n) is 2.50. The number of nitrogens with zero attached hydrogens (tertiary/aromatic N) is 1. The summed E-state index contributed by atoms with van der Waals surface area (Å²) < 4.78 is 5.35. The number of hydrogen-bond acceptors (Lipinski definition) is 5. The number of allylic oxidation sites excluding steroid dienone is 3. The molecule has 6 nitrogen and oxygen atoms in total. The van der Waals surface area contributed by atoms with Crippen LogP contribution in [0.4, 0.5) is 11.4 Å². The Morgan fingerprint density at radius 3 is 2.50 bits per heavy atom. The van der Waals surface area contributed by atoms with Gasteiger partial charge in [-0.05, 0) is 44.1 Å². The van der Waals surface area contributed by atoms with Crippen LogP contribution in [-0.2, 0) is 9.59 Å². The minimum atomic E-state index is -0.300. The van der Waals surface area contributed by atoms with E-state index in [1.807, 2.05) is 13.0 Å². The van der Waals surface area contributed by atoms with Gasteiger partial charge in [-0.3, -0.25) is 9.59 Å². The molecule has 0 unspecified atom stereocenters. The van der Waals surface area contributed by atoms with Gasteiger partial charge in [-0.25, -0.2) is 4.99 Å². The van der Waals surface area contributed by atoms with Crippen LogP contribution < -0.4 is 15.8 Å². The molecule has 6 heteroatoms. The molecule has 0 saturated carbocycles. The van der Waals surface area contributed by atoms with Crippen molar-refractivity contribution in [3.63, 3.8) is 0 Å². The number of carbonyl (C=O) groups excluding carboxylic acids is 2. The highest BCUT2D eigenvalue weighted by Crippen LogP contribution is 2.34. The Kier molecular flexibility index (Phi) is 4.87. The fourth-order valence-corrected chi connectivity index (χ4v) is 2.50. The summed E-state index contributed by atoms with van der Waals surface area (Å²) in [4.78, 5) is 28.1. The lowest BCUT2D eigenvalue weighted by Gasteiger charge is -2.19. The van der Waals surface area contributed by atoms with Crippen molar-refractivity contribution in [1.29, 1.82) is 0 Å². The van der Waals surface area contributed by atoms with E-state index in [-0.39, 0.29) is 17.4 Å². The van der Waals surface area contributed by atoms with Gasteiger partial charge in [-0.2, -0.15) is 0 Å². The molecule has 1 aliphatic carbocycles. The average molecular weight is 327 g/mol. The number of ketones is 1. The highest BCUT2D eigenvalue weighted by Gasteiger charge is 2.23. The number of aliphatic imine (C=N–C) groups is 1. The number of carbonyl (C=O) groups is 2. The van der Waals surface area contributed by atoms with Gasteiger partial charge in [0.15, 0.2) is 0 Å². The summed E-state index contributed by atoms with van der Waals surface area (Å²) >= 11 is 0. The monoisotopic (exact) mass is 327 g/mol. The third-order valence-electron chi connectivity index (χ3n) is 3.80. The topological polar surface area (TPSA) is 93.8 Å². The number of nitrogen functional groups attached to an aromatic ring is 1. The van der Waals surface area contributed by atoms with Crippen LogP contribution in [0.15, 0.2) is 40.0 Å². The van der Waals surface area contributed by atoms with Crippen LogP contribution >= 0.6 is 0 Å². The summed E-state index contributed by atoms with van der Waals surface area (Å²) in [7, 11) is 1.55. The van der Waals surface area contributed by atoms with E-state index in [2.05, 4.69) is 10.3 Å². The number of amides is 1. The molecular weight excluding hydrogens is 306 g/mol. The first kappa shape index (κ1) is 17.5. The van der Waals surface area contributed by atoms with Gasteiger partial charge in [0.05, 0.1) is 18.5 Å². The third-order valence-corrected chi connectivity index (χ3v) is 3.80. The fraction of sp³-hybridized carbons (Fsp3) is 0.278. The quantitative estimate of drug-likeness (QED) is 0.659. The largest absolute Gasteiger partial charge is 0.494 e. The number of nitrogens with two attached hydrogens (primary N) is 1. The second kappa shape index (κ2) is 6.70. The van der Waals surface area contributed by atoms with Gasteiger partial charge in [0, 0.05) is 24.3 Å². The lowest BCUT2D eigenvalue weighted by Crippen LogP contribution is -2.30. The zero-order valence-electron chi connectivity index (χ0n) is 14.5. The summed E-state index contributed by atoms with van der Waals surface area (Å²) in [5, 5.41) is 2.58. The van der Waals surface area contributed by atoms with Gasteiger partial charge in [0.25, 0.3) is 0 Å². The Morgan fingerprint density at radius 2 is 1.92 bits per heavy atom. The second-order valence-electron chi connectivity index (χ2n) is 5.71. The zero-order chi connectivity index (χ0) is 18.0. The molecule has 1 aromatic rings. The minimum Gasteiger partial charge on any atom is -0.494 e. The number of methoxy groups -OCH3 is 1. The van der Waals surface area contributed by atoms with E-state index >= 15 is 0 Å². The van der Waals surface area contributed by atoms with Crippen molar-refractivity contribution in [2.45, 2.75) is 27.7 Å². The molecule has 0 spiro atoms. The van der Waals surface area contributed by atoms with Crippen LogP contribution in [-0.4, -0.2) is 24.5 Å². The van der Waals surface area contributed by atoms with Crippen molar-refractivity contribution >= 4 is 28.8 Å². The van der Waals surface area contributed by atoms with Crippen LogP contribution in [0.25, 0.3) is 0 Å². The Balaban J connectivity index is 2.61. The molecule has 126 valence electrons. The van der Waals surface area contributed by atoms with Crippen molar-refractivity contribution in [2.24, 2.45) is 4.99 Å². The summed E-state index contributed by atoms with van der Waals surface area (Å²) in [5.41, 5.74) is 10.2. The molecule has 0 heterocycles. The molecule has 2 rings (SSSR count). The smallest absolute Gasteiger partial charge is 0.221 e. The van der Waals surface area contributed by atoms with Crippen molar-refractivity contribution in [3.8, 4) is 5.75 Å². The Hall–Kier alpha value is -2.89. The molecule has 0 fully saturated rings. The standard InChI is InChI=1S/C18H21N3O3/c1-9-6-14(16(24-5)8-13(9)19)21-17-10(2)7-15(23)18(11(17)3)20-12(4)22/h6-8H,19H2,1-5H3,(H,20,22). The molecule has 24 heavy (non-hydrogen) atoms. The number of nitrogens with one attached hydrogen (secondary N) is 1. The predicted octanol–water partition coefficient (Wildman–Crippen LogP) is 2.60. The van der Waals surface area contributed by atoms with Crippen molar-refractivity contribution in [1.82, 2.24) is 5.32 Å². The summed E-state index contributed by atoms with van der Waals surface area (Å²) in [6.45, 7) is 6.81. The second-order valence-corrected chi connectivity index (χ2v) is 5.71. The average Bonchev–Trinajstić information content (AvgIpc) is 2.50. The van der Waals surface area contributed by atoms with Crippen molar-refractivity contribution in [3.05, 3.63) is 40.6 Å². The summed E-state index contributed by atoms with van der Waals surface area (Å²) in [6, 6.07) is 3.55. The van der Waals surface area contributed by atoms with Crippen molar-refractivity contribution in [2.75, 3.05) is 12.8 Å². The Bertz CT molecular complexity index is 817. The van der Waals surface area contributed by atoms with Crippen LogP contribution in [0.2, 0.25) is 0 Å². The van der Waals surface area contributed by atoms with Crippen molar-refractivity contribution < 1.29 is 14.3 Å². The first-order valence-corrected chi connectivity index (χ1v) is 7.49. The maximum Gasteiger partial charge on any atom is 0.221 e. The first-order chi connectivity index (χ1) is 11.2. The number of anilines is 1. The molecule has 0 atom stereocenters. The van der Waals surface area contributed by atoms with Gasteiger partial charge in [0.2, 0.25) is 11.7 Å². The van der Waals surface area contributed by atoms with Gasteiger partial charge >= 0.3 is 0 Å². The first-order valence-electron chi connectivity index (χ1n) is 7.49. The number of ether oxygens (including phenoxy) is 1. The molecule has 0 bridgehead atoms. The number of hydrogen-bond donors (Lipinski definition) is 2. The molecule has 0 saturated heterocycles. The molecular formula is C18H21N3O3. The minimum absolute atomic E-state index is 0.236. The number of rotatable bonds is 3. The van der Waals surface area contributed by atoms with E-state index in [1.165, 1.54) is 13.0 Å². The van der Waals surface area contributed by atoms with E-state index in [4.69, 9.17) is 10.5 Å². The maximum absolute atomic E-state index is 12.1. The predicted molar refractivity (Wildman–Crippen MR) is 94.5 cm³/mol. The van der Waals surface area contributed by atoms with Gasteiger partial charge in [-0.15, -0.1) is 0 Å². The molecule has 1 aromatic carbocycles. The number of benzene rings is 1. The molecule has 0 radical (unpaired) electrons. The van der Waals surface area contributed by atoms with E-state index < -0.39 is 0 Å². The SMILES string of the molecule is COc1cc(N)c(C)cc1N=C1C(C)=CC(=O)C(NC(C)=O)=C1C. The van der Waals surface area contributed by atoms with Crippen LogP contribution in [0, 0.1) is 6.92 Å². The Labute approximate surface area is 141 Å². The lowest BCUT2D eigenvalue weighted by atomic mass is 9.94. The molecule has 0 aromatic heterocycles. The van der Waals surface area contributed by atoms with Crippen LogP contribution in [0.3, 0.4) is 0 Å². The van der Waals surface area contributed by atoms with Gasteiger partial charge in [0.1, 0.15) is 11.4 Å². The molecule has 1 amide bonds. The number of aryl methyl sites for hydroxylation is 1. The van der Waals surface area contributed by atoms with E-state index in [9.17, 15) is 9.59 Å². The van der Waals surface area contributed by atoms with Crippen LogP contribution in [0.1, 0.15) is 26.3 Å². The normalized spacial score (nSPS) is 16.3. The highest BCUT2D eigenvalue weighted by molar-refractivity contribution is 6.25. The molecule has 0 aliphatic heterocycles. The zero-order valence-corrected chi connectivity index (χ0v) is 14.5. The summed E-state index contributed by atoms with van der Waals surface area (Å²) in [6.07, 6.45) is 1.47. The van der Waals surface area contributed by atoms with Gasteiger partial charge < -0.3 is 15.8 Å². The van der Waals surface area contributed by atoms with E-state index in [0.717, 1.165) is 11.1 Å². The highest BCUT2D eigenvalue weighted by atomic mass is 16.5. The van der Waals surface area contributed by atoms with Crippen LogP contribution in [0.5, 0.6) is 5.75 Å². The van der Waals surface area contributed by atoms with Gasteiger partial charge in [-0.1, -0.05) is 0 Å². The Morgan fingerprint density at radius 1 is 1.25 bits per heavy atom. The summed E-state index contributed by atoms with van der Waals surface area (Å²) in [5.74, 6) is 0.00897. The van der Waals surface area contributed by atoms with E-state index in [1.54, 1.807) is 27.0 Å². The molecule has 1 aliphatic rings. The third kappa shape index (κ3) is 3.37. The maximum atomic E-state index is 12.1. The molecule has 3 N–H and O–H groups in total. The van der Waals surface area contributed by atoms with E-state index in [0.29, 0.717) is 28.4 Å².